The molecule has 3 rings (SSSR count). The maximum absolute atomic E-state index is 3.70. The molecular weight excluding hydrogens is 158 g/mol. The Morgan fingerprint density at radius 3 is 2.62 bits per heavy atom. The van der Waals surface area contributed by atoms with Crippen LogP contribution in [-0.2, 0) is 0 Å². The fraction of sp³-hybridized carbons (Fsp3) is 0.833. The Morgan fingerprint density at radius 2 is 2.08 bits per heavy atom. The lowest BCUT2D eigenvalue weighted by atomic mass is 9.93. The first kappa shape index (κ1) is 8.05. The maximum Gasteiger partial charge on any atom is 0.00965 e. The zero-order chi connectivity index (χ0) is 8.84. The minimum Gasteiger partial charge on any atom is -0.313 e. The van der Waals surface area contributed by atoms with Crippen molar-refractivity contribution >= 4 is 0 Å². The van der Waals surface area contributed by atoms with E-state index in [1.807, 2.05) is 0 Å². The molecule has 3 aliphatic rings. The molecule has 0 saturated heterocycles. The molecule has 1 nitrogen and oxygen atoms in total. The highest BCUT2D eigenvalue weighted by Crippen LogP contribution is 2.43. The van der Waals surface area contributed by atoms with Crippen LogP contribution in [0.4, 0.5) is 0 Å². The van der Waals surface area contributed by atoms with Gasteiger partial charge in [0.15, 0.2) is 0 Å². The van der Waals surface area contributed by atoms with E-state index in [-0.39, 0.29) is 0 Å². The highest BCUT2D eigenvalue weighted by molar-refractivity contribution is 5.10. The van der Waals surface area contributed by atoms with Gasteiger partial charge in [-0.3, -0.25) is 0 Å². The molecule has 2 bridgehead atoms. The number of fused-ring (bicyclic) bond motifs is 2. The molecule has 0 aromatic heterocycles. The predicted molar refractivity (Wildman–Crippen MR) is 54.4 cm³/mol. The summed E-state index contributed by atoms with van der Waals surface area (Å²) in [6.07, 6.45) is 9.20. The van der Waals surface area contributed by atoms with Crippen molar-refractivity contribution in [3.8, 4) is 0 Å². The van der Waals surface area contributed by atoms with E-state index in [2.05, 4.69) is 24.4 Å². The van der Waals surface area contributed by atoms with Gasteiger partial charge in [0.1, 0.15) is 0 Å². The van der Waals surface area contributed by atoms with Crippen molar-refractivity contribution in [2.45, 2.75) is 32.2 Å². The third kappa shape index (κ3) is 1.43. The molecule has 0 spiro atoms. The van der Waals surface area contributed by atoms with E-state index in [0.29, 0.717) is 0 Å². The number of hydrogen-bond acceptors (Lipinski definition) is 1. The Balaban J connectivity index is 1.49. The smallest absolute Gasteiger partial charge is 0.00965 e. The van der Waals surface area contributed by atoms with Crippen molar-refractivity contribution in [2.75, 3.05) is 6.54 Å². The lowest BCUT2D eigenvalue weighted by Gasteiger charge is -2.18. The molecule has 2 fully saturated rings. The first-order valence-electron chi connectivity index (χ1n) is 5.74. The summed E-state index contributed by atoms with van der Waals surface area (Å²) in [5.74, 6) is 3.77. The summed E-state index contributed by atoms with van der Waals surface area (Å²) >= 11 is 0. The van der Waals surface area contributed by atoms with Crippen molar-refractivity contribution in [1.29, 1.82) is 0 Å². The fourth-order valence-corrected chi connectivity index (χ4v) is 3.04. The fourth-order valence-electron chi connectivity index (χ4n) is 3.04. The van der Waals surface area contributed by atoms with Crippen molar-refractivity contribution < 1.29 is 0 Å². The summed E-state index contributed by atoms with van der Waals surface area (Å²) in [4.78, 5) is 0. The topological polar surface area (TPSA) is 12.0 Å². The van der Waals surface area contributed by atoms with Crippen molar-refractivity contribution in [2.24, 2.45) is 23.7 Å². The molecule has 0 aliphatic heterocycles. The number of nitrogens with one attached hydrogen (secondary N) is 1. The van der Waals surface area contributed by atoms with Crippen LogP contribution in [-0.4, -0.2) is 12.6 Å². The van der Waals surface area contributed by atoms with Crippen LogP contribution in [0.1, 0.15) is 26.2 Å². The molecule has 0 aromatic rings. The van der Waals surface area contributed by atoms with E-state index < -0.39 is 0 Å². The van der Waals surface area contributed by atoms with Gasteiger partial charge in [-0.05, 0) is 49.5 Å². The highest BCUT2D eigenvalue weighted by Gasteiger charge is 2.37. The summed E-state index contributed by atoms with van der Waals surface area (Å²) in [6, 6.07) is 0.864. The largest absolute Gasteiger partial charge is 0.313 e. The molecule has 2 saturated carbocycles. The van der Waals surface area contributed by atoms with E-state index in [1.165, 1.54) is 25.8 Å². The standard InChI is InChI=1S/C12H19N/c1-8-4-12(8)13-7-11-6-9-2-3-10(11)5-9/h2-3,8-13H,4-7H2,1H3. The monoisotopic (exact) mass is 177 g/mol. The Labute approximate surface area is 80.6 Å². The Morgan fingerprint density at radius 1 is 1.23 bits per heavy atom. The Kier molecular flexibility index (Phi) is 1.76. The first-order chi connectivity index (χ1) is 6.33. The third-order valence-electron chi connectivity index (χ3n) is 4.17. The van der Waals surface area contributed by atoms with Gasteiger partial charge >= 0.3 is 0 Å². The molecule has 0 aromatic carbocycles. The number of allylic oxidation sites excluding steroid dienone is 2. The molecule has 0 amide bonds. The van der Waals surface area contributed by atoms with Crippen LogP contribution in [0, 0.1) is 23.7 Å². The van der Waals surface area contributed by atoms with Crippen LogP contribution in [0.5, 0.6) is 0 Å². The quantitative estimate of drug-likeness (QED) is 0.652. The van der Waals surface area contributed by atoms with Gasteiger partial charge in [0.05, 0.1) is 0 Å². The zero-order valence-electron chi connectivity index (χ0n) is 8.37. The van der Waals surface area contributed by atoms with Gasteiger partial charge in [-0.15, -0.1) is 0 Å². The number of hydrogen-bond donors (Lipinski definition) is 1. The van der Waals surface area contributed by atoms with Crippen LogP contribution in [0.25, 0.3) is 0 Å². The second kappa shape index (κ2) is 2.84. The summed E-state index contributed by atoms with van der Waals surface area (Å²) in [6.45, 7) is 3.62. The second-order valence-corrected chi connectivity index (χ2v) is 5.27. The van der Waals surface area contributed by atoms with Gasteiger partial charge in [-0.1, -0.05) is 19.1 Å². The molecule has 5 atom stereocenters. The van der Waals surface area contributed by atoms with Gasteiger partial charge in [0.25, 0.3) is 0 Å². The van der Waals surface area contributed by atoms with Crippen molar-refractivity contribution in [3.05, 3.63) is 12.2 Å². The summed E-state index contributed by atoms with van der Waals surface area (Å²) in [5, 5.41) is 3.70. The van der Waals surface area contributed by atoms with Crippen LogP contribution < -0.4 is 5.32 Å². The molecule has 3 aliphatic carbocycles. The average molecular weight is 177 g/mol. The van der Waals surface area contributed by atoms with Gasteiger partial charge in [-0.25, -0.2) is 0 Å². The van der Waals surface area contributed by atoms with E-state index in [0.717, 1.165) is 29.7 Å². The second-order valence-electron chi connectivity index (χ2n) is 5.27. The van der Waals surface area contributed by atoms with Gasteiger partial charge in [0, 0.05) is 6.04 Å². The van der Waals surface area contributed by atoms with Crippen LogP contribution in [0.3, 0.4) is 0 Å². The van der Waals surface area contributed by atoms with Crippen LogP contribution in [0.15, 0.2) is 12.2 Å². The lowest BCUT2D eigenvalue weighted by molar-refractivity contribution is 0.410. The lowest BCUT2D eigenvalue weighted by Crippen LogP contribution is -2.27. The van der Waals surface area contributed by atoms with Crippen LogP contribution >= 0.6 is 0 Å². The molecule has 1 N–H and O–H groups in total. The van der Waals surface area contributed by atoms with E-state index in [1.54, 1.807) is 0 Å². The van der Waals surface area contributed by atoms with Gasteiger partial charge in [0.2, 0.25) is 0 Å². The summed E-state index contributed by atoms with van der Waals surface area (Å²) in [7, 11) is 0. The average Bonchev–Trinajstić information content (AvgIpc) is 2.60. The Bertz CT molecular complexity index is 233. The van der Waals surface area contributed by atoms with Gasteiger partial charge in [-0.2, -0.15) is 0 Å². The molecule has 1 heteroatoms. The number of rotatable bonds is 3. The summed E-state index contributed by atoms with van der Waals surface area (Å²) < 4.78 is 0. The van der Waals surface area contributed by atoms with E-state index in [9.17, 15) is 0 Å². The molecular formula is C12H19N. The molecule has 0 radical (unpaired) electrons. The molecule has 13 heavy (non-hydrogen) atoms. The highest BCUT2D eigenvalue weighted by atomic mass is 15.0. The minimum atomic E-state index is 0.864. The summed E-state index contributed by atoms with van der Waals surface area (Å²) in [5.41, 5.74) is 0. The van der Waals surface area contributed by atoms with E-state index >= 15 is 0 Å². The first-order valence-corrected chi connectivity index (χ1v) is 5.74. The van der Waals surface area contributed by atoms with Crippen LogP contribution in [0.2, 0.25) is 0 Å². The van der Waals surface area contributed by atoms with Crippen molar-refractivity contribution in [3.63, 3.8) is 0 Å². The Hall–Kier alpha value is -0.300. The molecule has 72 valence electrons. The maximum atomic E-state index is 3.70. The predicted octanol–water partition coefficient (Wildman–Crippen LogP) is 2.20. The van der Waals surface area contributed by atoms with Gasteiger partial charge < -0.3 is 5.32 Å². The van der Waals surface area contributed by atoms with Crippen molar-refractivity contribution in [1.82, 2.24) is 5.32 Å². The molecule has 0 heterocycles. The third-order valence-corrected chi connectivity index (χ3v) is 4.17. The SMILES string of the molecule is CC1CC1NCC1CC2C=CC1C2. The van der Waals surface area contributed by atoms with E-state index in [4.69, 9.17) is 0 Å². The normalized spacial score (nSPS) is 51.6. The zero-order valence-corrected chi connectivity index (χ0v) is 8.37. The minimum absolute atomic E-state index is 0.864. The molecule has 5 unspecified atom stereocenters.